The van der Waals surface area contributed by atoms with Crippen LogP contribution in [-0.2, 0) is 5.60 Å². The molecular formula is C20H22ClNO. The number of hydrogen-bond donors (Lipinski definition) is 1. The number of fused-ring (bicyclic) bond motifs is 2. The van der Waals surface area contributed by atoms with Gasteiger partial charge in [0.25, 0.3) is 0 Å². The maximum atomic E-state index is 11.7. The average Bonchev–Trinajstić information content (AvgIpc) is 2.65. The smallest absolute Gasteiger partial charge is 0.116 e. The molecule has 0 saturated heterocycles. The predicted molar refractivity (Wildman–Crippen MR) is 97.6 cm³/mol. The minimum atomic E-state index is -1.02. The van der Waals surface area contributed by atoms with E-state index in [-0.39, 0.29) is 0 Å². The lowest BCUT2D eigenvalue weighted by atomic mass is 9.80. The van der Waals surface area contributed by atoms with Crippen molar-refractivity contribution in [1.29, 1.82) is 0 Å². The minimum Gasteiger partial charge on any atom is -0.380 e. The van der Waals surface area contributed by atoms with Gasteiger partial charge >= 0.3 is 0 Å². The molecule has 0 fully saturated rings. The molecule has 3 heteroatoms. The summed E-state index contributed by atoms with van der Waals surface area (Å²) >= 11 is 6.40. The first kappa shape index (κ1) is 16.3. The maximum absolute atomic E-state index is 11.7. The molecule has 0 aliphatic heterocycles. The number of rotatable bonds is 4. The average molecular weight is 328 g/mol. The largest absolute Gasteiger partial charge is 0.380 e. The quantitative estimate of drug-likeness (QED) is 0.899. The molecule has 1 aliphatic rings. The lowest BCUT2D eigenvalue weighted by molar-refractivity contribution is 0.0663. The summed E-state index contributed by atoms with van der Waals surface area (Å²) in [4.78, 5) is 2.14. The summed E-state index contributed by atoms with van der Waals surface area (Å²) in [5.74, 6) is 0. The topological polar surface area (TPSA) is 23.5 Å². The highest BCUT2D eigenvalue weighted by molar-refractivity contribution is 6.32. The van der Waals surface area contributed by atoms with E-state index in [0.29, 0.717) is 11.4 Å². The highest BCUT2D eigenvalue weighted by atomic mass is 35.5. The standard InChI is InChI=1S/C20H22ClNO/c1-22(2)14-6-13-20(23)17-8-4-3-7-15(17)11-12-16-18(20)9-5-10-19(16)21/h3-5,7-12,23H,6,13-14H2,1-2H3. The Labute approximate surface area is 143 Å². The Balaban J connectivity index is 2.13. The fraction of sp³-hybridized carbons (Fsp3) is 0.300. The molecule has 1 aliphatic carbocycles. The lowest BCUT2D eigenvalue weighted by Gasteiger charge is -2.32. The zero-order chi connectivity index (χ0) is 16.4. The first-order valence-electron chi connectivity index (χ1n) is 7.96. The Hall–Kier alpha value is -1.61. The van der Waals surface area contributed by atoms with Crippen LogP contribution in [0.25, 0.3) is 12.2 Å². The van der Waals surface area contributed by atoms with Crippen molar-refractivity contribution in [3.8, 4) is 0 Å². The van der Waals surface area contributed by atoms with E-state index < -0.39 is 5.60 Å². The third-order valence-electron chi connectivity index (χ3n) is 4.48. The van der Waals surface area contributed by atoms with Crippen molar-refractivity contribution < 1.29 is 5.11 Å². The Kier molecular flexibility index (Phi) is 4.58. The van der Waals surface area contributed by atoms with Crippen LogP contribution < -0.4 is 0 Å². The van der Waals surface area contributed by atoms with Gasteiger partial charge in [0.2, 0.25) is 0 Å². The second-order valence-corrected chi connectivity index (χ2v) is 6.80. The molecule has 0 amide bonds. The molecule has 2 aromatic rings. The second-order valence-electron chi connectivity index (χ2n) is 6.39. The summed E-state index contributed by atoms with van der Waals surface area (Å²) in [7, 11) is 4.11. The number of benzene rings is 2. The van der Waals surface area contributed by atoms with Gasteiger partial charge in [0.1, 0.15) is 5.60 Å². The molecule has 1 N–H and O–H groups in total. The molecule has 0 aromatic heterocycles. The van der Waals surface area contributed by atoms with Gasteiger partial charge in [-0.3, -0.25) is 0 Å². The van der Waals surface area contributed by atoms with E-state index in [2.05, 4.69) is 19.0 Å². The Morgan fingerprint density at radius 1 is 1.00 bits per heavy atom. The van der Waals surface area contributed by atoms with Gasteiger partial charge in [0, 0.05) is 5.02 Å². The van der Waals surface area contributed by atoms with Gasteiger partial charge in [-0.15, -0.1) is 0 Å². The number of aliphatic hydroxyl groups is 1. The normalized spacial score (nSPS) is 19.3. The van der Waals surface area contributed by atoms with Gasteiger partial charge < -0.3 is 10.0 Å². The molecule has 2 nitrogen and oxygen atoms in total. The zero-order valence-electron chi connectivity index (χ0n) is 13.6. The minimum absolute atomic E-state index is 0.664. The monoisotopic (exact) mass is 327 g/mol. The predicted octanol–water partition coefficient (Wildman–Crippen LogP) is 4.40. The first-order chi connectivity index (χ1) is 11.0. The van der Waals surface area contributed by atoms with Gasteiger partial charge in [-0.2, -0.15) is 0 Å². The Morgan fingerprint density at radius 3 is 2.52 bits per heavy atom. The molecule has 1 unspecified atom stereocenters. The van der Waals surface area contributed by atoms with Gasteiger partial charge in [-0.05, 0) is 61.8 Å². The van der Waals surface area contributed by atoms with E-state index in [1.54, 1.807) is 0 Å². The summed E-state index contributed by atoms with van der Waals surface area (Å²) in [6, 6.07) is 13.8. The molecule has 0 heterocycles. The van der Waals surface area contributed by atoms with Crippen LogP contribution >= 0.6 is 11.6 Å². The van der Waals surface area contributed by atoms with Crippen LogP contribution in [0, 0.1) is 0 Å². The van der Waals surface area contributed by atoms with Crippen molar-refractivity contribution in [2.45, 2.75) is 18.4 Å². The van der Waals surface area contributed by atoms with Crippen LogP contribution in [0.15, 0.2) is 42.5 Å². The van der Waals surface area contributed by atoms with Gasteiger partial charge in [0.05, 0.1) is 0 Å². The van der Waals surface area contributed by atoms with Crippen LogP contribution in [0.3, 0.4) is 0 Å². The van der Waals surface area contributed by atoms with Crippen molar-refractivity contribution in [3.05, 3.63) is 69.7 Å². The lowest BCUT2D eigenvalue weighted by Crippen LogP contribution is -2.30. The van der Waals surface area contributed by atoms with Gasteiger partial charge in [0.15, 0.2) is 0 Å². The van der Waals surface area contributed by atoms with E-state index in [4.69, 9.17) is 11.6 Å². The van der Waals surface area contributed by atoms with E-state index in [9.17, 15) is 5.11 Å². The van der Waals surface area contributed by atoms with Gasteiger partial charge in [-0.1, -0.05) is 60.2 Å². The van der Waals surface area contributed by atoms with Crippen molar-refractivity contribution >= 4 is 23.8 Å². The summed E-state index contributed by atoms with van der Waals surface area (Å²) in [5.41, 5.74) is 2.79. The molecule has 23 heavy (non-hydrogen) atoms. The molecule has 3 rings (SSSR count). The SMILES string of the molecule is CN(C)CCCC1(O)c2ccccc2C=Cc2c(Cl)cccc21. The third-order valence-corrected chi connectivity index (χ3v) is 4.81. The van der Waals surface area contributed by atoms with E-state index >= 15 is 0 Å². The molecular weight excluding hydrogens is 306 g/mol. The van der Waals surface area contributed by atoms with Crippen LogP contribution in [0.5, 0.6) is 0 Å². The molecule has 0 saturated carbocycles. The van der Waals surface area contributed by atoms with Crippen molar-refractivity contribution in [2.75, 3.05) is 20.6 Å². The molecule has 0 spiro atoms. The Bertz CT molecular complexity index is 738. The fourth-order valence-corrected chi connectivity index (χ4v) is 3.56. The first-order valence-corrected chi connectivity index (χ1v) is 8.34. The van der Waals surface area contributed by atoms with Crippen LogP contribution in [0.4, 0.5) is 0 Å². The van der Waals surface area contributed by atoms with E-state index in [1.165, 1.54) is 0 Å². The summed E-state index contributed by atoms with van der Waals surface area (Å²) in [6.07, 6.45) is 5.63. The second kappa shape index (κ2) is 6.48. The third kappa shape index (κ3) is 3.07. The van der Waals surface area contributed by atoms with E-state index in [0.717, 1.165) is 35.2 Å². The van der Waals surface area contributed by atoms with Crippen molar-refractivity contribution in [3.63, 3.8) is 0 Å². The fourth-order valence-electron chi connectivity index (χ4n) is 3.32. The van der Waals surface area contributed by atoms with Gasteiger partial charge in [-0.25, -0.2) is 0 Å². The highest BCUT2D eigenvalue weighted by Gasteiger charge is 2.36. The zero-order valence-corrected chi connectivity index (χ0v) is 14.3. The molecule has 1 atom stereocenters. The molecule has 2 aromatic carbocycles. The van der Waals surface area contributed by atoms with Crippen LogP contribution in [-0.4, -0.2) is 30.6 Å². The van der Waals surface area contributed by atoms with Crippen LogP contribution in [0.2, 0.25) is 5.02 Å². The summed E-state index contributed by atoms with van der Waals surface area (Å²) in [6.45, 7) is 0.938. The molecule has 0 bridgehead atoms. The number of hydrogen-bond acceptors (Lipinski definition) is 2. The highest BCUT2D eigenvalue weighted by Crippen LogP contribution is 2.42. The summed E-state index contributed by atoms with van der Waals surface area (Å²) < 4.78 is 0. The van der Waals surface area contributed by atoms with Crippen molar-refractivity contribution in [2.24, 2.45) is 0 Å². The maximum Gasteiger partial charge on any atom is 0.116 e. The van der Waals surface area contributed by atoms with E-state index in [1.807, 2.05) is 54.6 Å². The number of halogens is 1. The summed E-state index contributed by atoms with van der Waals surface area (Å²) in [5, 5.41) is 12.4. The molecule has 0 radical (unpaired) electrons. The van der Waals surface area contributed by atoms with Crippen LogP contribution in [0.1, 0.15) is 35.1 Å². The van der Waals surface area contributed by atoms with Crippen molar-refractivity contribution in [1.82, 2.24) is 4.90 Å². The Morgan fingerprint density at radius 2 is 1.74 bits per heavy atom. The molecule has 120 valence electrons. The number of nitrogens with zero attached hydrogens (tertiary/aromatic N) is 1.